The molecule has 0 bridgehead atoms. The molecule has 2 amide bonds. The van der Waals surface area contributed by atoms with Gasteiger partial charge >= 0.3 is 0 Å². The molecule has 28 heavy (non-hydrogen) atoms. The van der Waals surface area contributed by atoms with E-state index in [1.165, 1.54) is 11.3 Å². The molecule has 148 valence electrons. The molecule has 2 aromatic rings. The van der Waals surface area contributed by atoms with Crippen LogP contribution in [0.2, 0.25) is 0 Å². The lowest BCUT2D eigenvalue weighted by Gasteiger charge is -2.37. The minimum atomic E-state index is -0.292. The van der Waals surface area contributed by atoms with Crippen molar-refractivity contribution in [3.63, 3.8) is 0 Å². The molecule has 0 aliphatic carbocycles. The Kier molecular flexibility index (Phi) is 5.20. The Hall–Kier alpha value is -2.63. The van der Waals surface area contributed by atoms with Crippen molar-refractivity contribution < 1.29 is 9.59 Å². The third-order valence-electron chi connectivity index (χ3n) is 6.08. The molecule has 1 aromatic heterocycles. The van der Waals surface area contributed by atoms with Gasteiger partial charge in [-0.1, -0.05) is 30.3 Å². The van der Waals surface area contributed by atoms with Crippen LogP contribution in [0.25, 0.3) is 11.3 Å². The topological polar surface area (TPSA) is 58.4 Å². The van der Waals surface area contributed by atoms with Gasteiger partial charge in [-0.2, -0.15) is 5.10 Å². The molecule has 3 heterocycles. The molecule has 1 aromatic carbocycles. The van der Waals surface area contributed by atoms with Gasteiger partial charge in [0.25, 0.3) is 0 Å². The second-order valence-corrected chi connectivity index (χ2v) is 7.81. The molecule has 2 aliphatic heterocycles. The Bertz CT molecular complexity index is 874. The van der Waals surface area contributed by atoms with E-state index in [1.54, 1.807) is 11.8 Å². The van der Waals surface area contributed by atoms with E-state index in [0.29, 0.717) is 19.6 Å². The maximum atomic E-state index is 13.2. The molecule has 1 saturated heterocycles. The minimum absolute atomic E-state index is 0.00622. The Morgan fingerprint density at radius 3 is 2.54 bits per heavy atom. The monoisotopic (exact) mass is 380 g/mol. The zero-order chi connectivity index (χ0) is 19.7. The summed E-state index contributed by atoms with van der Waals surface area (Å²) in [6.45, 7) is 3.63. The first-order valence-electron chi connectivity index (χ1n) is 10.2. The number of hydrogen-bond donors (Lipinski definition) is 0. The fourth-order valence-electron chi connectivity index (χ4n) is 4.60. The highest BCUT2D eigenvalue weighted by Gasteiger charge is 2.34. The molecule has 0 saturated carbocycles. The molecule has 0 N–H and O–H groups in total. The van der Waals surface area contributed by atoms with Crippen LogP contribution in [0.5, 0.6) is 0 Å². The van der Waals surface area contributed by atoms with Gasteiger partial charge in [0.15, 0.2) is 0 Å². The quantitative estimate of drug-likeness (QED) is 0.804. The number of carbonyl (C=O) groups excluding carboxylic acids is 2. The van der Waals surface area contributed by atoms with Crippen molar-refractivity contribution in [3.05, 3.63) is 41.6 Å². The first kappa shape index (κ1) is 18.7. The van der Waals surface area contributed by atoms with Gasteiger partial charge < -0.3 is 9.80 Å². The second kappa shape index (κ2) is 7.78. The van der Waals surface area contributed by atoms with E-state index in [2.05, 4.69) is 12.1 Å². The molecule has 2 aliphatic rings. The van der Waals surface area contributed by atoms with E-state index in [0.717, 1.165) is 43.4 Å². The lowest BCUT2D eigenvalue weighted by Crippen LogP contribution is -2.53. The number of amides is 2. The van der Waals surface area contributed by atoms with Gasteiger partial charge in [-0.05, 0) is 25.7 Å². The predicted octanol–water partition coefficient (Wildman–Crippen LogP) is 2.42. The van der Waals surface area contributed by atoms with Crippen LogP contribution >= 0.6 is 0 Å². The van der Waals surface area contributed by atoms with E-state index < -0.39 is 0 Å². The van der Waals surface area contributed by atoms with Crippen molar-refractivity contribution in [2.75, 3.05) is 19.6 Å². The van der Waals surface area contributed by atoms with Gasteiger partial charge in [-0.3, -0.25) is 14.3 Å². The number of piperidine rings is 1. The zero-order valence-electron chi connectivity index (χ0n) is 16.7. The maximum absolute atomic E-state index is 13.2. The second-order valence-electron chi connectivity index (χ2n) is 7.81. The Morgan fingerprint density at radius 1 is 1.04 bits per heavy atom. The highest BCUT2D eigenvalue weighted by Crippen LogP contribution is 2.28. The van der Waals surface area contributed by atoms with Gasteiger partial charge in [0.1, 0.15) is 6.04 Å². The van der Waals surface area contributed by atoms with Crippen molar-refractivity contribution in [2.45, 2.75) is 45.1 Å². The summed E-state index contributed by atoms with van der Waals surface area (Å²) in [7, 11) is 1.99. The molecule has 0 radical (unpaired) electrons. The number of benzene rings is 1. The first-order valence-corrected chi connectivity index (χ1v) is 10.2. The van der Waals surface area contributed by atoms with Gasteiger partial charge in [-0.15, -0.1) is 0 Å². The van der Waals surface area contributed by atoms with Crippen molar-refractivity contribution in [1.29, 1.82) is 0 Å². The SMILES string of the molecule is CC(=O)N1CCCCC1C(=O)N1CCc2c(-c3ccccc3)nn(C)c2CC1. The highest BCUT2D eigenvalue weighted by atomic mass is 16.2. The molecule has 4 rings (SSSR count). The third kappa shape index (κ3) is 3.43. The summed E-state index contributed by atoms with van der Waals surface area (Å²) in [5, 5.41) is 4.76. The van der Waals surface area contributed by atoms with E-state index in [-0.39, 0.29) is 17.9 Å². The molecule has 1 atom stereocenters. The molecule has 1 fully saturated rings. The number of aryl methyl sites for hydroxylation is 1. The van der Waals surface area contributed by atoms with Gasteiger partial charge in [0.05, 0.1) is 5.69 Å². The average Bonchev–Trinajstić information content (AvgIpc) is 2.89. The molecule has 1 unspecified atom stereocenters. The summed E-state index contributed by atoms with van der Waals surface area (Å²) in [6.07, 6.45) is 4.37. The van der Waals surface area contributed by atoms with Crippen molar-refractivity contribution in [2.24, 2.45) is 7.05 Å². The zero-order valence-corrected chi connectivity index (χ0v) is 16.7. The van der Waals surface area contributed by atoms with Crippen LogP contribution in [-0.4, -0.2) is 57.1 Å². The number of likely N-dealkylation sites (tertiary alicyclic amines) is 1. The van der Waals surface area contributed by atoms with E-state index in [9.17, 15) is 9.59 Å². The Morgan fingerprint density at radius 2 is 1.79 bits per heavy atom. The van der Waals surface area contributed by atoms with Crippen LogP contribution in [0.4, 0.5) is 0 Å². The van der Waals surface area contributed by atoms with Crippen LogP contribution in [0.3, 0.4) is 0 Å². The van der Waals surface area contributed by atoms with Crippen molar-refractivity contribution in [1.82, 2.24) is 19.6 Å². The summed E-state index contributed by atoms with van der Waals surface area (Å²) in [6, 6.07) is 9.95. The number of hydrogen-bond acceptors (Lipinski definition) is 3. The van der Waals surface area contributed by atoms with Crippen molar-refractivity contribution >= 4 is 11.8 Å². The number of rotatable bonds is 2. The fourth-order valence-corrected chi connectivity index (χ4v) is 4.60. The molecule has 0 spiro atoms. The Labute approximate surface area is 166 Å². The number of fused-ring (bicyclic) bond motifs is 1. The van der Waals surface area contributed by atoms with Gasteiger partial charge in [0.2, 0.25) is 11.8 Å². The molecular weight excluding hydrogens is 352 g/mol. The van der Waals surface area contributed by atoms with Crippen LogP contribution in [-0.2, 0) is 29.5 Å². The van der Waals surface area contributed by atoms with E-state index in [4.69, 9.17) is 5.10 Å². The summed E-state index contributed by atoms with van der Waals surface area (Å²) in [5.74, 6) is 0.114. The van der Waals surface area contributed by atoms with Crippen LogP contribution in [0, 0.1) is 0 Å². The van der Waals surface area contributed by atoms with Crippen LogP contribution in [0.1, 0.15) is 37.4 Å². The lowest BCUT2D eigenvalue weighted by molar-refractivity contribution is -0.146. The third-order valence-corrected chi connectivity index (χ3v) is 6.08. The maximum Gasteiger partial charge on any atom is 0.245 e. The fraction of sp³-hybridized carbons (Fsp3) is 0.500. The smallest absolute Gasteiger partial charge is 0.245 e. The predicted molar refractivity (Wildman–Crippen MR) is 108 cm³/mol. The summed E-state index contributed by atoms with van der Waals surface area (Å²) < 4.78 is 1.97. The van der Waals surface area contributed by atoms with E-state index >= 15 is 0 Å². The molecule has 6 nitrogen and oxygen atoms in total. The number of carbonyl (C=O) groups is 2. The molecular formula is C22H28N4O2. The van der Waals surface area contributed by atoms with Gasteiger partial charge in [-0.25, -0.2) is 0 Å². The van der Waals surface area contributed by atoms with Crippen LogP contribution < -0.4 is 0 Å². The average molecular weight is 380 g/mol. The van der Waals surface area contributed by atoms with Crippen LogP contribution in [0.15, 0.2) is 30.3 Å². The normalized spacial score (nSPS) is 19.9. The Balaban J connectivity index is 1.55. The molecule has 6 heteroatoms. The first-order chi connectivity index (χ1) is 13.6. The van der Waals surface area contributed by atoms with E-state index in [1.807, 2.05) is 34.8 Å². The van der Waals surface area contributed by atoms with Gasteiger partial charge in [0, 0.05) is 56.8 Å². The lowest BCUT2D eigenvalue weighted by atomic mass is 10.0. The standard InChI is InChI=1S/C22H28N4O2/c1-16(27)26-13-7-6-10-20(26)22(28)25-14-11-18-19(12-15-25)24(2)23-21(18)17-8-4-3-5-9-17/h3-5,8-9,20H,6-7,10-15H2,1-2H3. The highest BCUT2D eigenvalue weighted by molar-refractivity contribution is 5.87. The summed E-state index contributed by atoms with van der Waals surface area (Å²) in [4.78, 5) is 29.0. The minimum Gasteiger partial charge on any atom is -0.340 e. The summed E-state index contributed by atoms with van der Waals surface area (Å²) >= 11 is 0. The summed E-state index contributed by atoms with van der Waals surface area (Å²) in [5.41, 5.74) is 4.60. The largest absolute Gasteiger partial charge is 0.340 e. The number of aromatic nitrogens is 2. The number of nitrogens with zero attached hydrogens (tertiary/aromatic N) is 4. The van der Waals surface area contributed by atoms with Crippen molar-refractivity contribution in [3.8, 4) is 11.3 Å².